The normalized spacial score (nSPS) is 8.73. The van der Waals surface area contributed by atoms with Crippen molar-refractivity contribution in [2.24, 2.45) is 5.73 Å². The van der Waals surface area contributed by atoms with E-state index in [9.17, 15) is 4.79 Å². The van der Waals surface area contributed by atoms with Gasteiger partial charge in [0, 0.05) is 12.0 Å². The van der Waals surface area contributed by atoms with Gasteiger partial charge in [-0.05, 0) is 49.4 Å². The Bertz CT molecular complexity index is 739. The minimum Gasteiger partial charge on any atom is -0.494 e. The van der Waals surface area contributed by atoms with Crippen molar-refractivity contribution < 1.29 is 14.3 Å². The van der Waals surface area contributed by atoms with Gasteiger partial charge in [0.15, 0.2) is 0 Å². The standard InChI is InChI=1S/C21H24O2.2C2H6.CH3NO/c1-4-23-17(3)20-7-5-6-18(15-20)9-11-19-10-8-16(2)14-21(19)12-13-22;2*1-2;2-1-3/h5-8,10,13-15H,3-4,9,11-12H2,1-2H3;2*1-2H3;1H,(H2,2,3). The molecular formula is C26H39NO3. The third-order valence-corrected chi connectivity index (χ3v) is 3.92. The van der Waals surface area contributed by atoms with Crippen molar-refractivity contribution in [3.8, 4) is 0 Å². The number of aryl methyl sites for hydroxylation is 3. The highest BCUT2D eigenvalue weighted by atomic mass is 16.5. The summed E-state index contributed by atoms with van der Waals surface area (Å²) in [6, 6.07) is 14.7. The van der Waals surface area contributed by atoms with Gasteiger partial charge < -0.3 is 15.3 Å². The highest BCUT2D eigenvalue weighted by Gasteiger charge is 2.05. The molecule has 0 aliphatic rings. The summed E-state index contributed by atoms with van der Waals surface area (Å²) in [6.45, 7) is 16.6. The molecule has 0 aliphatic carbocycles. The second kappa shape index (κ2) is 19.4. The first kappa shape index (κ1) is 29.3. The number of nitrogens with two attached hydrogens (primary N) is 1. The van der Waals surface area contributed by atoms with Crippen molar-refractivity contribution in [2.45, 2.75) is 60.8 Å². The first-order chi connectivity index (χ1) is 14.5. The molecule has 2 aromatic carbocycles. The van der Waals surface area contributed by atoms with Crippen LogP contribution in [0, 0.1) is 6.92 Å². The van der Waals surface area contributed by atoms with Crippen molar-refractivity contribution in [2.75, 3.05) is 6.61 Å². The van der Waals surface area contributed by atoms with Gasteiger partial charge in [-0.1, -0.05) is 76.2 Å². The smallest absolute Gasteiger partial charge is 0.204 e. The molecule has 0 atom stereocenters. The topological polar surface area (TPSA) is 69.4 Å². The first-order valence-electron chi connectivity index (χ1n) is 10.6. The van der Waals surface area contributed by atoms with E-state index in [2.05, 4.69) is 49.6 Å². The summed E-state index contributed by atoms with van der Waals surface area (Å²) in [7, 11) is 0. The Balaban J connectivity index is 0. The second-order valence-electron chi connectivity index (χ2n) is 5.84. The van der Waals surface area contributed by atoms with E-state index in [1.54, 1.807) is 0 Å². The molecule has 2 N–H and O–H groups in total. The molecule has 4 heteroatoms. The molecular weight excluding hydrogens is 374 g/mol. The molecule has 1 amide bonds. The molecule has 2 aromatic rings. The molecule has 166 valence electrons. The molecule has 0 unspecified atom stereocenters. The van der Waals surface area contributed by atoms with Gasteiger partial charge in [-0.2, -0.15) is 0 Å². The molecule has 0 aliphatic heterocycles. The summed E-state index contributed by atoms with van der Waals surface area (Å²) in [6.07, 6.45) is 3.57. The number of rotatable bonds is 8. The van der Waals surface area contributed by atoms with Crippen LogP contribution >= 0.6 is 0 Å². The largest absolute Gasteiger partial charge is 0.494 e. The van der Waals surface area contributed by atoms with Crippen LogP contribution in [0.1, 0.15) is 62.4 Å². The Kier molecular flexibility index (Phi) is 19.0. The monoisotopic (exact) mass is 413 g/mol. The van der Waals surface area contributed by atoms with Gasteiger partial charge >= 0.3 is 0 Å². The third kappa shape index (κ3) is 11.8. The Morgan fingerprint density at radius 1 is 1.00 bits per heavy atom. The maximum atomic E-state index is 10.9. The molecule has 0 spiro atoms. The van der Waals surface area contributed by atoms with Crippen LogP contribution in [-0.2, 0) is 33.6 Å². The molecule has 0 saturated carbocycles. The van der Waals surface area contributed by atoms with Crippen molar-refractivity contribution in [3.63, 3.8) is 0 Å². The lowest BCUT2D eigenvalue weighted by Crippen LogP contribution is -1.99. The second-order valence-corrected chi connectivity index (χ2v) is 5.84. The van der Waals surface area contributed by atoms with Gasteiger partial charge in [-0.15, -0.1) is 0 Å². The number of ether oxygens (including phenoxy) is 1. The van der Waals surface area contributed by atoms with Crippen molar-refractivity contribution >= 4 is 18.5 Å². The van der Waals surface area contributed by atoms with E-state index in [0.29, 0.717) is 18.8 Å². The predicted octanol–water partition coefficient (Wildman–Crippen LogP) is 5.68. The molecule has 30 heavy (non-hydrogen) atoms. The number of primary amides is 1. The summed E-state index contributed by atoms with van der Waals surface area (Å²) < 4.78 is 5.48. The van der Waals surface area contributed by atoms with E-state index in [1.165, 1.54) is 16.7 Å². The zero-order chi connectivity index (χ0) is 23.4. The lowest BCUT2D eigenvalue weighted by Gasteiger charge is -2.11. The maximum absolute atomic E-state index is 10.9. The third-order valence-electron chi connectivity index (χ3n) is 3.92. The van der Waals surface area contributed by atoms with E-state index in [0.717, 1.165) is 30.3 Å². The lowest BCUT2D eigenvalue weighted by molar-refractivity contribution is -0.107. The van der Waals surface area contributed by atoms with Crippen LogP contribution < -0.4 is 5.73 Å². The fourth-order valence-corrected chi connectivity index (χ4v) is 2.72. The highest BCUT2D eigenvalue weighted by Crippen LogP contribution is 2.18. The number of benzene rings is 2. The maximum Gasteiger partial charge on any atom is 0.204 e. The van der Waals surface area contributed by atoms with Crippen LogP contribution in [0.3, 0.4) is 0 Å². The van der Waals surface area contributed by atoms with E-state index >= 15 is 0 Å². The van der Waals surface area contributed by atoms with E-state index < -0.39 is 0 Å². The summed E-state index contributed by atoms with van der Waals surface area (Å²) in [5.74, 6) is 0.714. The Morgan fingerprint density at radius 2 is 1.63 bits per heavy atom. The molecule has 2 rings (SSSR count). The van der Waals surface area contributed by atoms with E-state index in [-0.39, 0.29) is 6.41 Å². The van der Waals surface area contributed by atoms with Crippen LogP contribution in [0.25, 0.3) is 5.76 Å². The van der Waals surface area contributed by atoms with Crippen LogP contribution in [-0.4, -0.2) is 19.3 Å². The lowest BCUT2D eigenvalue weighted by atomic mass is 9.96. The quantitative estimate of drug-likeness (QED) is 0.447. The minimum absolute atomic E-state index is 0.250. The van der Waals surface area contributed by atoms with Crippen LogP contribution in [0.5, 0.6) is 0 Å². The van der Waals surface area contributed by atoms with Gasteiger partial charge in [0.1, 0.15) is 12.0 Å². The molecule has 4 nitrogen and oxygen atoms in total. The molecule has 0 aromatic heterocycles. The van der Waals surface area contributed by atoms with Gasteiger partial charge in [0.05, 0.1) is 6.61 Å². The van der Waals surface area contributed by atoms with E-state index in [4.69, 9.17) is 9.53 Å². The molecule has 0 bridgehead atoms. The summed E-state index contributed by atoms with van der Waals surface area (Å²) in [5.41, 5.74) is 10.0. The van der Waals surface area contributed by atoms with E-state index in [1.807, 2.05) is 46.8 Å². The number of carbonyl (C=O) groups is 2. The van der Waals surface area contributed by atoms with Crippen LogP contribution in [0.15, 0.2) is 49.0 Å². The van der Waals surface area contributed by atoms with Gasteiger partial charge in [-0.3, -0.25) is 4.79 Å². The number of hydrogen-bond acceptors (Lipinski definition) is 3. The number of amides is 1. The van der Waals surface area contributed by atoms with Crippen molar-refractivity contribution in [3.05, 3.63) is 76.9 Å². The van der Waals surface area contributed by atoms with Crippen molar-refractivity contribution in [1.29, 1.82) is 0 Å². The summed E-state index contributed by atoms with van der Waals surface area (Å²) in [5, 5.41) is 0. The number of aldehydes is 1. The van der Waals surface area contributed by atoms with Crippen molar-refractivity contribution in [1.82, 2.24) is 0 Å². The number of carbonyl (C=O) groups excluding carboxylic acids is 2. The van der Waals surface area contributed by atoms with Gasteiger partial charge in [0.2, 0.25) is 6.41 Å². The Hall–Kier alpha value is -2.88. The predicted molar refractivity (Wildman–Crippen MR) is 128 cm³/mol. The molecule has 0 radical (unpaired) electrons. The Labute approximate surface area is 183 Å². The average Bonchev–Trinajstić information content (AvgIpc) is 2.77. The summed E-state index contributed by atoms with van der Waals surface area (Å²) in [4.78, 5) is 19.5. The van der Waals surface area contributed by atoms with Gasteiger partial charge in [0.25, 0.3) is 0 Å². The summed E-state index contributed by atoms with van der Waals surface area (Å²) >= 11 is 0. The number of hydrogen-bond donors (Lipinski definition) is 1. The fourth-order valence-electron chi connectivity index (χ4n) is 2.72. The molecule has 0 fully saturated rings. The average molecular weight is 414 g/mol. The highest BCUT2D eigenvalue weighted by molar-refractivity contribution is 5.58. The molecule has 0 heterocycles. The zero-order valence-electron chi connectivity index (χ0n) is 19.5. The Morgan fingerprint density at radius 3 is 2.20 bits per heavy atom. The zero-order valence-corrected chi connectivity index (χ0v) is 19.5. The SMILES string of the molecule is C=C(OCC)c1cccc(CCc2ccc(C)cc2CC=O)c1.CC.CC.NC=O. The van der Waals surface area contributed by atoms with Crippen LogP contribution in [0.2, 0.25) is 0 Å². The van der Waals surface area contributed by atoms with Crippen LogP contribution in [0.4, 0.5) is 0 Å². The minimum atomic E-state index is 0.250. The first-order valence-corrected chi connectivity index (χ1v) is 10.6. The molecule has 0 saturated heterocycles. The van der Waals surface area contributed by atoms with Gasteiger partial charge in [-0.25, -0.2) is 0 Å². The fraction of sp³-hybridized carbons (Fsp3) is 0.385.